The number of carbonyl (C=O) groups excluding carboxylic acids is 1. The lowest BCUT2D eigenvalue weighted by Crippen LogP contribution is -2.25. The molecule has 1 amide bonds. The van der Waals surface area contributed by atoms with Gasteiger partial charge < -0.3 is 24.3 Å². The summed E-state index contributed by atoms with van der Waals surface area (Å²) < 4.78 is 22.2. The molecule has 0 bridgehead atoms. The summed E-state index contributed by atoms with van der Waals surface area (Å²) in [5.41, 5.74) is 1.58. The molecule has 0 aliphatic heterocycles. The molecule has 2 aromatic rings. The van der Waals surface area contributed by atoms with Crippen LogP contribution in [0.15, 0.2) is 36.4 Å². The molecule has 158 valence electrons. The molecule has 2 rings (SSSR count). The van der Waals surface area contributed by atoms with Crippen molar-refractivity contribution in [3.05, 3.63) is 47.5 Å². The maximum Gasteiger partial charge on any atom is 0.251 e. The van der Waals surface area contributed by atoms with Crippen molar-refractivity contribution >= 4 is 5.91 Å². The quantitative estimate of drug-likeness (QED) is 0.645. The molecule has 0 aromatic heterocycles. The van der Waals surface area contributed by atoms with E-state index < -0.39 is 0 Å². The normalized spacial score (nSPS) is 10.8. The second kappa shape index (κ2) is 10.6. The molecule has 0 spiro atoms. The first-order valence-corrected chi connectivity index (χ1v) is 9.80. The summed E-state index contributed by atoms with van der Waals surface area (Å²) in [6.45, 7) is 8.28. The number of rotatable bonds is 10. The molecule has 29 heavy (non-hydrogen) atoms. The van der Waals surface area contributed by atoms with Gasteiger partial charge >= 0.3 is 0 Å². The van der Waals surface area contributed by atoms with Crippen molar-refractivity contribution in [3.63, 3.8) is 0 Å². The Balaban J connectivity index is 2.03. The van der Waals surface area contributed by atoms with Crippen molar-refractivity contribution in [2.75, 3.05) is 20.8 Å². The molecular formula is C23H31NO5. The summed E-state index contributed by atoms with van der Waals surface area (Å²) in [4.78, 5) is 12.6. The number of ether oxygens (including phenoxy) is 4. The van der Waals surface area contributed by atoms with Crippen LogP contribution in [0.5, 0.6) is 23.0 Å². The number of hydrogen-bond donors (Lipinski definition) is 1. The maximum atomic E-state index is 12.6. The van der Waals surface area contributed by atoms with Gasteiger partial charge in [0, 0.05) is 12.1 Å². The SMILES string of the molecule is COc1ccc(CCNC(=O)c2ccc(OC(C)C)c(OC(C)C)c2)cc1OC. The fourth-order valence-corrected chi connectivity index (χ4v) is 2.81. The third kappa shape index (κ3) is 6.59. The average Bonchev–Trinajstić information content (AvgIpc) is 2.68. The van der Waals surface area contributed by atoms with Crippen LogP contribution >= 0.6 is 0 Å². The number of amides is 1. The van der Waals surface area contributed by atoms with E-state index in [1.807, 2.05) is 45.9 Å². The lowest BCUT2D eigenvalue weighted by Gasteiger charge is -2.18. The molecule has 6 heteroatoms. The van der Waals surface area contributed by atoms with Crippen LogP contribution in [0.25, 0.3) is 0 Å². The Morgan fingerprint density at radius 3 is 2.07 bits per heavy atom. The van der Waals surface area contributed by atoms with E-state index in [-0.39, 0.29) is 18.1 Å². The van der Waals surface area contributed by atoms with Crippen molar-refractivity contribution in [3.8, 4) is 23.0 Å². The minimum Gasteiger partial charge on any atom is -0.493 e. The summed E-state index contributed by atoms with van der Waals surface area (Å²) >= 11 is 0. The average molecular weight is 402 g/mol. The molecule has 0 aliphatic carbocycles. The van der Waals surface area contributed by atoms with Crippen molar-refractivity contribution < 1.29 is 23.7 Å². The van der Waals surface area contributed by atoms with Crippen LogP contribution in [-0.4, -0.2) is 38.9 Å². The van der Waals surface area contributed by atoms with Crippen LogP contribution in [-0.2, 0) is 6.42 Å². The smallest absolute Gasteiger partial charge is 0.251 e. The van der Waals surface area contributed by atoms with Gasteiger partial charge in [0.05, 0.1) is 26.4 Å². The van der Waals surface area contributed by atoms with Crippen LogP contribution in [0.4, 0.5) is 0 Å². The first-order valence-electron chi connectivity index (χ1n) is 9.80. The van der Waals surface area contributed by atoms with Crippen LogP contribution in [0.2, 0.25) is 0 Å². The van der Waals surface area contributed by atoms with E-state index >= 15 is 0 Å². The second-order valence-corrected chi connectivity index (χ2v) is 7.19. The molecule has 0 atom stereocenters. The van der Waals surface area contributed by atoms with Gasteiger partial charge in [-0.25, -0.2) is 0 Å². The number of carbonyl (C=O) groups is 1. The highest BCUT2D eigenvalue weighted by Gasteiger charge is 2.14. The molecule has 2 aromatic carbocycles. The van der Waals surface area contributed by atoms with Gasteiger partial charge in [-0.05, 0) is 70.0 Å². The lowest BCUT2D eigenvalue weighted by atomic mass is 10.1. The molecule has 0 saturated carbocycles. The Kier molecular flexibility index (Phi) is 8.19. The highest BCUT2D eigenvalue weighted by Crippen LogP contribution is 2.30. The monoisotopic (exact) mass is 401 g/mol. The van der Waals surface area contributed by atoms with Crippen LogP contribution in [0, 0.1) is 0 Å². The summed E-state index contributed by atoms with van der Waals surface area (Å²) in [5.74, 6) is 2.40. The van der Waals surface area contributed by atoms with Gasteiger partial charge in [0.15, 0.2) is 23.0 Å². The number of hydrogen-bond acceptors (Lipinski definition) is 5. The number of nitrogens with one attached hydrogen (secondary N) is 1. The van der Waals surface area contributed by atoms with Gasteiger partial charge in [-0.15, -0.1) is 0 Å². The lowest BCUT2D eigenvalue weighted by molar-refractivity contribution is 0.0953. The van der Waals surface area contributed by atoms with Crippen LogP contribution < -0.4 is 24.3 Å². The van der Waals surface area contributed by atoms with E-state index in [2.05, 4.69) is 5.32 Å². The predicted molar refractivity (Wildman–Crippen MR) is 114 cm³/mol. The van der Waals surface area contributed by atoms with Crippen molar-refractivity contribution in [2.45, 2.75) is 46.3 Å². The van der Waals surface area contributed by atoms with Gasteiger partial charge in [-0.2, -0.15) is 0 Å². The molecular weight excluding hydrogens is 370 g/mol. The van der Waals surface area contributed by atoms with E-state index in [1.54, 1.807) is 32.4 Å². The van der Waals surface area contributed by atoms with Crippen LogP contribution in [0.3, 0.4) is 0 Å². The molecule has 0 saturated heterocycles. The van der Waals surface area contributed by atoms with Gasteiger partial charge in [0.1, 0.15) is 0 Å². The van der Waals surface area contributed by atoms with E-state index in [9.17, 15) is 4.79 Å². The van der Waals surface area contributed by atoms with Gasteiger partial charge in [0.25, 0.3) is 5.91 Å². The van der Waals surface area contributed by atoms with Gasteiger partial charge in [-0.1, -0.05) is 6.07 Å². The van der Waals surface area contributed by atoms with Crippen molar-refractivity contribution in [1.29, 1.82) is 0 Å². The third-order valence-corrected chi connectivity index (χ3v) is 4.08. The molecule has 0 unspecified atom stereocenters. The van der Waals surface area contributed by atoms with E-state index in [4.69, 9.17) is 18.9 Å². The summed E-state index contributed by atoms with van der Waals surface area (Å²) in [6, 6.07) is 11.0. The zero-order valence-electron chi connectivity index (χ0n) is 18.1. The summed E-state index contributed by atoms with van der Waals surface area (Å²) in [5, 5.41) is 2.95. The summed E-state index contributed by atoms with van der Waals surface area (Å²) in [6.07, 6.45) is 0.675. The van der Waals surface area contributed by atoms with Gasteiger partial charge in [0.2, 0.25) is 0 Å². The maximum absolute atomic E-state index is 12.6. The Hall–Kier alpha value is -2.89. The standard InChI is InChI=1S/C23H31NO5/c1-15(2)28-20-10-8-18(14-22(20)29-16(3)4)23(25)24-12-11-17-7-9-19(26-5)21(13-17)27-6/h7-10,13-16H,11-12H2,1-6H3,(H,24,25). The Morgan fingerprint density at radius 2 is 1.45 bits per heavy atom. The van der Waals surface area contributed by atoms with Crippen molar-refractivity contribution in [2.24, 2.45) is 0 Å². The first-order chi connectivity index (χ1) is 13.8. The Bertz CT molecular complexity index is 817. The van der Waals surface area contributed by atoms with Gasteiger partial charge in [-0.3, -0.25) is 4.79 Å². The highest BCUT2D eigenvalue weighted by molar-refractivity contribution is 5.94. The second-order valence-electron chi connectivity index (χ2n) is 7.19. The molecule has 0 heterocycles. The molecule has 0 radical (unpaired) electrons. The minimum absolute atomic E-state index is 0.0191. The zero-order chi connectivity index (χ0) is 21.4. The summed E-state index contributed by atoms with van der Waals surface area (Å²) in [7, 11) is 3.21. The molecule has 0 fully saturated rings. The van der Waals surface area contributed by atoms with Crippen molar-refractivity contribution in [1.82, 2.24) is 5.32 Å². The molecule has 6 nitrogen and oxygen atoms in total. The predicted octanol–water partition coefficient (Wildman–Crippen LogP) is 4.25. The number of methoxy groups -OCH3 is 2. The Labute approximate surface area is 173 Å². The van der Waals surface area contributed by atoms with Crippen LogP contribution in [0.1, 0.15) is 43.6 Å². The van der Waals surface area contributed by atoms with E-state index in [0.717, 1.165) is 5.56 Å². The third-order valence-electron chi connectivity index (χ3n) is 4.08. The Morgan fingerprint density at radius 1 is 0.828 bits per heavy atom. The molecule has 1 N–H and O–H groups in total. The fourth-order valence-electron chi connectivity index (χ4n) is 2.81. The first kappa shape index (κ1) is 22.4. The number of benzene rings is 2. The largest absolute Gasteiger partial charge is 0.493 e. The zero-order valence-corrected chi connectivity index (χ0v) is 18.1. The van der Waals surface area contributed by atoms with E-state index in [0.29, 0.717) is 41.5 Å². The topological polar surface area (TPSA) is 66.0 Å². The fraction of sp³-hybridized carbons (Fsp3) is 0.435. The van der Waals surface area contributed by atoms with E-state index in [1.165, 1.54) is 0 Å². The highest BCUT2D eigenvalue weighted by atomic mass is 16.5. The molecule has 0 aliphatic rings. The minimum atomic E-state index is -0.157.